The number of rotatable bonds is 8. The van der Waals surface area contributed by atoms with Crippen molar-refractivity contribution in [2.75, 3.05) is 6.61 Å². The van der Waals surface area contributed by atoms with Crippen LogP contribution in [0.25, 0.3) is 0 Å². The predicted octanol–water partition coefficient (Wildman–Crippen LogP) is 5.11. The predicted molar refractivity (Wildman–Crippen MR) is 138 cm³/mol. The number of nitrogens with one attached hydrogen (secondary N) is 2. The zero-order chi connectivity index (χ0) is 27.4. The molecule has 196 valence electrons. The summed E-state index contributed by atoms with van der Waals surface area (Å²) in [6.45, 7) is 1.04. The number of carbonyl (C=O) groups excluding carboxylic acids is 5. The lowest BCUT2D eigenvalue weighted by Crippen LogP contribution is -2.47. The van der Waals surface area contributed by atoms with E-state index in [0.29, 0.717) is 22.8 Å². The summed E-state index contributed by atoms with van der Waals surface area (Å²) in [6, 6.07) is 4.51. The number of halogens is 5. The number of unbranched alkanes of at least 4 members (excludes halogenated alkanes) is 1. The maximum Gasteiger partial charge on any atom is 0.329 e. The van der Waals surface area contributed by atoms with Crippen LogP contribution in [0.5, 0.6) is 0 Å². The molecule has 0 aliphatic carbocycles. The minimum absolute atomic E-state index is 0.0480. The van der Waals surface area contributed by atoms with E-state index in [1.165, 1.54) is 24.3 Å². The molecule has 0 saturated heterocycles. The highest BCUT2D eigenvalue weighted by molar-refractivity contribution is 6.55. The molecule has 2 N–H and O–H groups in total. The number of imide groups is 1. The van der Waals surface area contributed by atoms with Gasteiger partial charge in [0.2, 0.25) is 0 Å². The standard InChI is InChI=1S/C23H18Cl5N3O6/c1-2-3-4-12(31-21(34)14-15(22(31)35)17(26)19(28)18(27)16(14)25)23(36)37-9-13(32)29-30-20(33)10-5-7-11(24)8-6-10/h5-8,12H,2-4,9H2,1H3,(H,29,32)(H,30,33)/t12-/m1/s1. The van der Waals surface area contributed by atoms with Crippen LogP contribution in [0, 0.1) is 0 Å². The van der Waals surface area contributed by atoms with Crippen LogP contribution in [0.3, 0.4) is 0 Å². The first-order chi connectivity index (χ1) is 17.5. The number of hydrogen-bond acceptors (Lipinski definition) is 6. The minimum atomic E-state index is -1.38. The molecule has 3 rings (SSSR count). The van der Waals surface area contributed by atoms with Gasteiger partial charge in [0.05, 0.1) is 31.2 Å². The van der Waals surface area contributed by atoms with Crippen molar-refractivity contribution in [1.82, 2.24) is 15.8 Å². The first kappa shape index (κ1) is 29.0. The molecule has 0 bridgehead atoms. The summed E-state index contributed by atoms with van der Waals surface area (Å²) in [5.74, 6) is -4.32. The monoisotopic (exact) mass is 607 g/mol. The van der Waals surface area contributed by atoms with Gasteiger partial charge in [0.25, 0.3) is 23.6 Å². The van der Waals surface area contributed by atoms with Crippen LogP contribution < -0.4 is 10.9 Å². The van der Waals surface area contributed by atoms with Crippen LogP contribution in [0.2, 0.25) is 25.1 Å². The smallest absolute Gasteiger partial charge is 0.329 e. The van der Waals surface area contributed by atoms with Gasteiger partial charge in [-0.1, -0.05) is 77.8 Å². The summed E-state index contributed by atoms with van der Waals surface area (Å²) >= 11 is 30.2. The number of fused-ring (bicyclic) bond motifs is 1. The molecule has 0 unspecified atom stereocenters. The van der Waals surface area contributed by atoms with Crippen molar-refractivity contribution in [3.8, 4) is 0 Å². The van der Waals surface area contributed by atoms with Gasteiger partial charge < -0.3 is 4.74 Å². The first-order valence-corrected chi connectivity index (χ1v) is 12.6. The third-order valence-electron chi connectivity index (χ3n) is 5.31. The molecule has 2 aromatic carbocycles. The lowest BCUT2D eigenvalue weighted by atomic mass is 10.1. The summed E-state index contributed by atoms with van der Waals surface area (Å²) in [5.41, 5.74) is 3.94. The Morgan fingerprint density at radius 1 is 0.865 bits per heavy atom. The van der Waals surface area contributed by atoms with E-state index in [1.54, 1.807) is 0 Å². The van der Waals surface area contributed by atoms with E-state index in [0.717, 1.165) is 0 Å². The highest BCUT2D eigenvalue weighted by atomic mass is 35.5. The molecule has 0 fully saturated rings. The summed E-state index contributed by atoms with van der Waals surface area (Å²) in [7, 11) is 0. The zero-order valence-corrected chi connectivity index (χ0v) is 22.8. The van der Waals surface area contributed by atoms with E-state index >= 15 is 0 Å². The Bertz CT molecular complexity index is 1240. The Morgan fingerprint density at radius 3 is 1.92 bits per heavy atom. The Labute approximate surface area is 236 Å². The number of esters is 1. The fraction of sp³-hybridized carbons (Fsp3) is 0.261. The van der Waals surface area contributed by atoms with Gasteiger partial charge in [0.15, 0.2) is 6.61 Å². The fourth-order valence-electron chi connectivity index (χ4n) is 3.47. The van der Waals surface area contributed by atoms with Crippen molar-refractivity contribution in [3.05, 3.63) is 66.1 Å². The second kappa shape index (κ2) is 12.3. The average molecular weight is 610 g/mol. The Morgan fingerprint density at radius 2 is 1.41 bits per heavy atom. The van der Waals surface area contributed by atoms with E-state index in [-0.39, 0.29) is 43.2 Å². The highest BCUT2D eigenvalue weighted by Crippen LogP contribution is 2.45. The van der Waals surface area contributed by atoms with Crippen molar-refractivity contribution < 1.29 is 28.7 Å². The largest absolute Gasteiger partial charge is 0.454 e. The number of nitrogens with zero attached hydrogens (tertiary/aromatic N) is 1. The van der Waals surface area contributed by atoms with Crippen LogP contribution >= 0.6 is 58.0 Å². The molecule has 37 heavy (non-hydrogen) atoms. The maximum absolute atomic E-state index is 13.1. The van der Waals surface area contributed by atoms with Gasteiger partial charge in [0, 0.05) is 10.6 Å². The van der Waals surface area contributed by atoms with E-state index in [9.17, 15) is 24.0 Å². The number of benzene rings is 2. The van der Waals surface area contributed by atoms with Gasteiger partial charge in [0.1, 0.15) is 6.04 Å². The number of ether oxygens (including phenoxy) is 1. The van der Waals surface area contributed by atoms with E-state index < -0.39 is 42.2 Å². The maximum atomic E-state index is 13.1. The molecule has 0 spiro atoms. The molecular formula is C23H18Cl5N3O6. The second-order valence-electron chi connectivity index (χ2n) is 7.76. The van der Waals surface area contributed by atoms with Crippen molar-refractivity contribution in [3.63, 3.8) is 0 Å². The second-order valence-corrected chi connectivity index (χ2v) is 9.71. The number of hydrogen-bond donors (Lipinski definition) is 2. The quantitative estimate of drug-likeness (QED) is 0.141. The third-order valence-corrected chi connectivity index (χ3v) is 7.37. The molecule has 2 aromatic rings. The average Bonchev–Trinajstić information content (AvgIpc) is 3.14. The summed E-state index contributed by atoms with van der Waals surface area (Å²) in [4.78, 5) is 64.1. The third kappa shape index (κ3) is 6.13. The number of carbonyl (C=O) groups is 5. The van der Waals surface area contributed by atoms with E-state index in [2.05, 4.69) is 10.9 Å². The fourth-order valence-corrected chi connectivity index (χ4v) is 4.61. The first-order valence-electron chi connectivity index (χ1n) is 10.7. The molecule has 1 aliphatic rings. The van der Waals surface area contributed by atoms with Crippen molar-refractivity contribution in [2.45, 2.75) is 32.2 Å². The molecule has 0 aromatic heterocycles. The molecule has 14 heteroatoms. The molecule has 1 heterocycles. The number of amides is 4. The Hall–Kier alpha value is -2.56. The number of hydrazine groups is 1. The van der Waals surface area contributed by atoms with Crippen LogP contribution in [0.15, 0.2) is 24.3 Å². The summed E-state index contributed by atoms with van der Waals surface area (Å²) in [6.07, 6.45) is 1.12. The highest BCUT2D eigenvalue weighted by Gasteiger charge is 2.47. The van der Waals surface area contributed by atoms with Crippen LogP contribution in [-0.4, -0.2) is 47.1 Å². The van der Waals surface area contributed by atoms with Gasteiger partial charge in [-0.15, -0.1) is 0 Å². The van der Waals surface area contributed by atoms with Crippen LogP contribution in [0.4, 0.5) is 0 Å². The van der Waals surface area contributed by atoms with Crippen LogP contribution in [0.1, 0.15) is 57.3 Å². The van der Waals surface area contributed by atoms with Crippen molar-refractivity contribution in [1.29, 1.82) is 0 Å². The lowest BCUT2D eigenvalue weighted by Gasteiger charge is -2.24. The lowest BCUT2D eigenvalue weighted by molar-refractivity contribution is -0.152. The molecule has 0 radical (unpaired) electrons. The van der Waals surface area contributed by atoms with Gasteiger partial charge in [-0.3, -0.25) is 34.9 Å². The van der Waals surface area contributed by atoms with Crippen molar-refractivity contribution in [2.24, 2.45) is 0 Å². The summed E-state index contributed by atoms with van der Waals surface area (Å²) < 4.78 is 5.05. The van der Waals surface area contributed by atoms with E-state index in [1.807, 2.05) is 6.92 Å². The van der Waals surface area contributed by atoms with E-state index in [4.69, 9.17) is 62.7 Å². The minimum Gasteiger partial charge on any atom is -0.454 e. The molecular weight excluding hydrogens is 592 g/mol. The Kier molecular flexibility index (Phi) is 9.66. The van der Waals surface area contributed by atoms with Gasteiger partial charge in [-0.2, -0.15) is 0 Å². The topological polar surface area (TPSA) is 122 Å². The van der Waals surface area contributed by atoms with Gasteiger partial charge in [-0.05, 0) is 30.7 Å². The summed E-state index contributed by atoms with van der Waals surface area (Å²) in [5, 5.41) is -0.533. The normalized spacial score (nSPS) is 13.3. The van der Waals surface area contributed by atoms with Crippen LogP contribution in [-0.2, 0) is 14.3 Å². The van der Waals surface area contributed by atoms with Crippen molar-refractivity contribution >= 4 is 87.6 Å². The van der Waals surface area contributed by atoms with Gasteiger partial charge >= 0.3 is 5.97 Å². The molecule has 4 amide bonds. The molecule has 1 atom stereocenters. The molecule has 9 nitrogen and oxygen atoms in total. The Balaban J connectivity index is 1.70. The molecule has 1 aliphatic heterocycles. The van der Waals surface area contributed by atoms with Gasteiger partial charge in [-0.25, -0.2) is 4.79 Å². The SMILES string of the molecule is CCCC[C@H](C(=O)OCC(=O)NNC(=O)c1ccc(Cl)cc1)N1C(=O)c2c(Cl)c(Cl)c(Cl)c(Cl)c2C1=O. The molecule has 0 saturated carbocycles. The zero-order valence-electron chi connectivity index (χ0n) is 19.0.